The molecular formula is C22H18F4N2O6. The largest absolute Gasteiger partial charge is 0.573 e. The van der Waals surface area contributed by atoms with E-state index in [0.29, 0.717) is 10.9 Å². The molecule has 0 bridgehead atoms. The normalized spacial score (nSPS) is 11.4. The molecule has 12 heteroatoms. The van der Waals surface area contributed by atoms with Crippen molar-refractivity contribution in [3.8, 4) is 11.5 Å². The number of fused-ring (bicyclic) bond motifs is 1. The highest BCUT2D eigenvalue weighted by Gasteiger charge is 2.31. The fourth-order valence-electron chi connectivity index (χ4n) is 3.45. The van der Waals surface area contributed by atoms with E-state index in [-0.39, 0.29) is 28.9 Å². The summed E-state index contributed by atoms with van der Waals surface area (Å²) in [5.41, 5.74) is 0.653. The van der Waals surface area contributed by atoms with Crippen molar-refractivity contribution < 1.29 is 46.5 Å². The van der Waals surface area contributed by atoms with Crippen LogP contribution >= 0.6 is 0 Å². The van der Waals surface area contributed by atoms with Gasteiger partial charge in [-0.15, -0.1) is 13.2 Å². The SMILES string of the molecule is COc1cc2c(CC(=O)NCC(=O)O)c(C)n(C(=O)c3ccc(OC(F)(F)F)cc3)c2cc1F. The van der Waals surface area contributed by atoms with Gasteiger partial charge in [-0.1, -0.05) is 0 Å². The Morgan fingerprint density at radius 1 is 1.12 bits per heavy atom. The van der Waals surface area contributed by atoms with Crippen LogP contribution in [0, 0.1) is 12.7 Å². The lowest BCUT2D eigenvalue weighted by molar-refractivity contribution is -0.274. The summed E-state index contributed by atoms with van der Waals surface area (Å²) in [6, 6.07) is 6.51. The number of ether oxygens (including phenoxy) is 2. The van der Waals surface area contributed by atoms with Gasteiger partial charge in [-0.25, -0.2) is 4.39 Å². The summed E-state index contributed by atoms with van der Waals surface area (Å²) >= 11 is 0. The molecule has 1 aromatic heterocycles. The van der Waals surface area contributed by atoms with Gasteiger partial charge in [-0.3, -0.25) is 19.0 Å². The highest BCUT2D eigenvalue weighted by Crippen LogP contribution is 2.33. The molecule has 0 radical (unpaired) electrons. The molecule has 34 heavy (non-hydrogen) atoms. The molecule has 1 heterocycles. The van der Waals surface area contributed by atoms with Crippen molar-refractivity contribution in [2.24, 2.45) is 0 Å². The minimum absolute atomic E-state index is 0.0207. The van der Waals surface area contributed by atoms with Crippen LogP contribution in [-0.2, 0) is 16.0 Å². The first-order valence-electron chi connectivity index (χ1n) is 9.67. The number of aliphatic carboxylic acids is 1. The minimum atomic E-state index is -4.90. The van der Waals surface area contributed by atoms with Crippen LogP contribution in [-0.4, -0.2) is 47.5 Å². The molecule has 0 fully saturated rings. The second kappa shape index (κ2) is 9.41. The maximum atomic E-state index is 14.5. The highest BCUT2D eigenvalue weighted by atomic mass is 19.4. The van der Waals surface area contributed by atoms with E-state index in [1.807, 2.05) is 0 Å². The lowest BCUT2D eigenvalue weighted by Crippen LogP contribution is -2.30. The Labute approximate surface area is 189 Å². The lowest BCUT2D eigenvalue weighted by Gasteiger charge is -2.11. The van der Waals surface area contributed by atoms with Crippen LogP contribution in [0.3, 0.4) is 0 Å². The van der Waals surface area contributed by atoms with Crippen LogP contribution < -0.4 is 14.8 Å². The lowest BCUT2D eigenvalue weighted by atomic mass is 10.1. The van der Waals surface area contributed by atoms with E-state index in [2.05, 4.69) is 10.1 Å². The van der Waals surface area contributed by atoms with Crippen LogP contribution in [0.1, 0.15) is 21.6 Å². The van der Waals surface area contributed by atoms with Crippen molar-refractivity contribution >= 4 is 28.7 Å². The average molecular weight is 482 g/mol. The maximum Gasteiger partial charge on any atom is 0.573 e. The van der Waals surface area contributed by atoms with E-state index >= 15 is 0 Å². The maximum absolute atomic E-state index is 14.5. The molecule has 0 aliphatic carbocycles. The zero-order valence-electron chi connectivity index (χ0n) is 17.8. The number of carboxylic acids is 1. The zero-order valence-corrected chi connectivity index (χ0v) is 17.8. The standard InChI is InChI=1S/C22H18F4N2O6/c1-11-14(8-19(29)27-10-20(30)31)15-7-18(33-2)16(23)9-17(15)28(11)21(32)12-3-5-13(6-4-12)34-22(24,25)26/h3-7,9H,8,10H2,1-2H3,(H,27,29)(H,30,31). The number of carbonyl (C=O) groups excluding carboxylic acids is 2. The molecule has 180 valence electrons. The number of carbonyl (C=O) groups is 3. The third kappa shape index (κ3) is 5.27. The fraction of sp³-hybridized carbons (Fsp3) is 0.227. The molecule has 0 saturated carbocycles. The van der Waals surface area contributed by atoms with Gasteiger partial charge in [0.15, 0.2) is 11.6 Å². The molecule has 0 saturated heterocycles. The number of methoxy groups -OCH3 is 1. The second-order valence-electron chi connectivity index (χ2n) is 7.13. The van der Waals surface area contributed by atoms with Gasteiger partial charge < -0.3 is 19.9 Å². The van der Waals surface area contributed by atoms with Crippen LogP contribution in [0.5, 0.6) is 11.5 Å². The number of amides is 1. The Bertz CT molecular complexity index is 1270. The van der Waals surface area contributed by atoms with Gasteiger partial charge >= 0.3 is 12.3 Å². The number of alkyl halides is 3. The molecule has 0 unspecified atom stereocenters. The Balaban J connectivity index is 2.07. The van der Waals surface area contributed by atoms with E-state index in [0.717, 1.165) is 34.9 Å². The van der Waals surface area contributed by atoms with Crippen molar-refractivity contribution in [2.75, 3.05) is 13.7 Å². The van der Waals surface area contributed by atoms with Gasteiger partial charge in [-0.05, 0) is 42.8 Å². The van der Waals surface area contributed by atoms with E-state index in [1.54, 1.807) is 0 Å². The number of carboxylic acid groups (broad SMARTS) is 1. The molecule has 0 aliphatic rings. The summed E-state index contributed by atoms with van der Waals surface area (Å²) in [4.78, 5) is 36.2. The fourth-order valence-corrected chi connectivity index (χ4v) is 3.45. The van der Waals surface area contributed by atoms with Crippen molar-refractivity contribution in [3.63, 3.8) is 0 Å². The van der Waals surface area contributed by atoms with Gasteiger partial charge in [0.25, 0.3) is 5.91 Å². The second-order valence-corrected chi connectivity index (χ2v) is 7.13. The van der Waals surface area contributed by atoms with Crippen molar-refractivity contribution in [1.82, 2.24) is 9.88 Å². The Kier molecular flexibility index (Phi) is 6.80. The van der Waals surface area contributed by atoms with Gasteiger partial charge in [0.1, 0.15) is 12.3 Å². The quantitative estimate of drug-likeness (QED) is 0.500. The minimum Gasteiger partial charge on any atom is -0.494 e. The molecular weight excluding hydrogens is 464 g/mol. The summed E-state index contributed by atoms with van der Waals surface area (Å²) < 4.78 is 61.6. The van der Waals surface area contributed by atoms with Gasteiger partial charge in [0.2, 0.25) is 5.91 Å². The van der Waals surface area contributed by atoms with Gasteiger partial charge in [0, 0.05) is 22.7 Å². The summed E-state index contributed by atoms with van der Waals surface area (Å²) in [7, 11) is 1.24. The Morgan fingerprint density at radius 2 is 1.76 bits per heavy atom. The number of rotatable bonds is 7. The smallest absolute Gasteiger partial charge is 0.494 e. The number of nitrogens with zero attached hydrogens (tertiary/aromatic N) is 1. The molecule has 8 nitrogen and oxygen atoms in total. The summed E-state index contributed by atoms with van der Waals surface area (Å²) in [5, 5.41) is 11.3. The first-order valence-corrected chi connectivity index (χ1v) is 9.67. The monoisotopic (exact) mass is 482 g/mol. The number of benzene rings is 2. The van der Waals surface area contributed by atoms with Crippen molar-refractivity contribution in [2.45, 2.75) is 19.7 Å². The molecule has 0 spiro atoms. The number of nitrogens with one attached hydrogen (secondary N) is 1. The molecule has 1 amide bonds. The summed E-state index contributed by atoms with van der Waals surface area (Å²) in [6.45, 7) is 0.892. The Hall–Kier alpha value is -4.09. The number of halogens is 4. The average Bonchev–Trinajstić information content (AvgIpc) is 3.00. The van der Waals surface area contributed by atoms with Gasteiger partial charge in [0.05, 0.1) is 19.0 Å². The van der Waals surface area contributed by atoms with E-state index in [1.165, 1.54) is 20.1 Å². The summed E-state index contributed by atoms with van der Waals surface area (Å²) in [6.07, 6.45) is -5.21. The predicted molar refractivity (Wildman–Crippen MR) is 110 cm³/mol. The number of hydrogen-bond donors (Lipinski definition) is 2. The molecule has 0 aliphatic heterocycles. The molecule has 3 rings (SSSR count). The van der Waals surface area contributed by atoms with Gasteiger partial charge in [-0.2, -0.15) is 0 Å². The first-order chi connectivity index (χ1) is 15.9. The molecule has 3 aromatic rings. The summed E-state index contributed by atoms with van der Waals surface area (Å²) in [5.74, 6) is -4.03. The van der Waals surface area contributed by atoms with Crippen LogP contribution in [0.15, 0.2) is 36.4 Å². The van der Waals surface area contributed by atoms with Crippen LogP contribution in [0.2, 0.25) is 0 Å². The van der Waals surface area contributed by atoms with E-state index in [4.69, 9.17) is 9.84 Å². The topological polar surface area (TPSA) is 107 Å². The molecule has 2 aromatic carbocycles. The molecule has 2 N–H and O–H groups in total. The molecule has 0 atom stereocenters. The number of hydrogen-bond acceptors (Lipinski definition) is 5. The van der Waals surface area contributed by atoms with Crippen LogP contribution in [0.4, 0.5) is 17.6 Å². The van der Waals surface area contributed by atoms with E-state index < -0.39 is 42.3 Å². The first kappa shape index (κ1) is 24.6. The zero-order chi connectivity index (χ0) is 25.2. The van der Waals surface area contributed by atoms with Crippen LogP contribution in [0.25, 0.3) is 10.9 Å². The third-order valence-electron chi connectivity index (χ3n) is 4.92. The third-order valence-corrected chi connectivity index (χ3v) is 4.92. The highest BCUT2D eigenvalue weighted by molar-refractivity contribution is 6.05. The predicted octanol–water partition coefficient (Wildman–Crippen LogP) is 3.43. The van der Waals surface area contributed by atoms with E-state index in [9.17, 15) is 31.9 Å². The van der Waals surface area contributed by atoms with Crippen molar-refractivity contribution in [1.29, 1.82) is 0 Å². The number of aromatic nitrogens is 1. The Morgan fingerprint density at radius 3 is 2.32 bits per heavy atom. The van der Waals surface area contributed by atoms with Crippen molar-refractivity contribution in [3.05, 3.63) is 59.0 Å².